The van der Waals surface area contributed by atoms with Gasteiger partial charge in [-0.05, 0) is 30.3 Å². The van der Waals surface area contributed by atoms with E-state index in [9.17, 15) is 0 Å². The molecule has 3 aromatic rings. The average molecular weight is 422 g/mol. The maximum absolute atomic E-state index is 6.09. The number of aromatic nitrogens is 4. The van der Waals surface area contributed by atoms with Crippen LogP contribution in [0.5, 0.6) is 5.75 Å². The largest absolute Gasteiger partial charge is 0.497 e. The number of aliphatic imine (C=N–C) groups is 1. The Morgan fingerprint density at radius 2 is 1.93 bits per heavy atom. The molecular formula is C18H21Cl2N7O. The minimum absolute atomic E-state index is 0.442. The molecule has 0 bridgehead atoms. The van der Waals surface area contributed by atoms with Crippen molar-refractivity contribution in [1.82, 2.24) is 30.4 Å². The van der Waals surface area contributed by atoms with Gasteiger partial charge in [0.15, 0.2) is 11.8 Å². The second-order valence-corrected chi connectivity index (χ2v) is 6.71. The Labute approximate surface area is 172 Å². The van der Waals surface area contributed by atoms with Crippen molar-refractivity contribution in [2.24, 2.45) is 12.0 Å². The highest BCUT2D eigenvalue weighted by Gasteiger charge is 2.10. The van der Waals surface area contributed by atoms with Crippen molar-refractivity contribution >= 4 is 29.2 Å². The molecule has 0 radical (unpaired) electrons. The molecule has 10 heteroatoms. The van der Waals surface area contributed by atoms with E-state index in [2.05, 4.69) is 30.8 Å². The van der Waals surface area contributed by atoms with Crippen LogP contribution in [-0.4, -0.2) is 39.9 Å². The fraction of sp³-hybridized carbons (Fsp3) is 0.278. The van der Waals surface area contributed by atoms with Gasteiger partial charge in [-0.3, -0.25) is 10.1 Å². The lowest BCUT2D eigenvalue weighted by molar-refractivity contribution is 0.415. The van der Waals surface area contributed by atoms with Crippen molar-refractivity contribution in [3.63, 3.8) is 0 Å². The van der Waals surface area contributed by atoms with E-state index in [4.69, 9.17) is 27.9 Å². The minimum Gasteiger partial charge on any atom is -0.497 e. The van der Waals surface area contributed by atoms with Gasteiger partial charge in [0, 0.05) is 25.4 Å². The number of guanidine groups is 1. The smallest absolute Gasteiger partial charge is 0.191 e. The quantitative estimate of drug-likeness (QED) is 0.420. The summed E-state index contributed by atoms with van der Waals surface area (Å²) in [5.41, 5.74) is 1.85. The third kappa shape index (κ3) is 4.58. The number of aromatic amines is 1. The van der Waals surface area contributed by atoms with Crippen LogP contribution in [-0.2, 0) is 20.1 Å². The molecule has 8 nitrogen and oxygen atoms in total. The molecule has 0 atom stereocenters. The molecule has 0 saturated carbocycles. The molecule has 0 fully saturated rings. The maximum Gasteiger partial charge on any atom is 0.191 e. The number of methoxy groups -OCH3 is 1. The van der Waals surface area contributed by atoms with Gasteiger partial charge in [0.05, 0.1) is 25.2 Å². The maximum atomic E-state index is 6.09. The molecule has 0 unspecified atom stereocenters. The second-order valence-electron chi connectivity index (χ2n) is 5.95. The van der Waals surface area contributed by atoms with Gasteiger partial charge < -0.3 is 19.9 Å². The highest BCUT2D eigenvalue weighted by atomic mass is 35.5. The van der Waals surface area contributed by atoms with E-state index in [1.165, 1.54) is 0 Å². The van der Waals surface area contributed by atoms with Crippen LogP contribution in [0.1, 0.15) is 11.5 Å². The van der Waals surface area contributed by atoms with Gasteiger partial charge in [-0.15, -0.1) is 0 Å². The van der Waals surface area contributed by atoms with E-state index >= 15 is 0 Å². The SMILES string of the molecule is CN=C(NCc1nc(-c2ccc(OC)cc2)n[nH]1)NCc1cc(Cl)c(Cl)n1C. The zero-order valence-electron chi connectivity index (χ0n) is 15.8. The third-order valence-corrected chi connectivity index (χ3v) is 5.02. The molecule has 0 saturated heterocycles. The summed E-state index contributed by atoms with van der Waals surface area (Å²) in [5, 5.41) is 14.6. The molecule has 28 heavy (non-hydrogen) atoms. The Morgan fingerprint density at radius 3 is 2.54 bits per heavy atom. The van der Waals surface area contributed by atoms with Gasteiger partial charge in [-0.25, -0.2) is 4.98 Å². The minimum atomic E-state index is 0.442. The van der Waals surface area contributed by atoms with Gasteiger partial charge in [0.2, 0.25) is 0 Å². The molecule has 1 aromatic carbocycles. The number of benzene rings is 1. The summed E-state index contributed by atoms with van der Waals surface area (Å²) >= 11 is 12.1. The first-order chi connectivity index (χ1) is 13.5. The molecule has 0 amide bonds. The lowest BCUT2D eigenvalue weighted by Crippen LogP contribution is -2.37. The van der Waals surface area contributed by atoms with Gasteiger partial charge in [-0.2, -0.15) is 5.10 Å². The number of hydrogen-bond acceptors (Lipinski definition) is 4. The van der Waals surface area contributed by atoms with Gasteiger partial charge >= 0.3 is 0 Å². The fourth-order valence-electron chi connectivity index (χ4n) is 2.56. The Balaban J connectivity index is 1.56. The van der Waals surface area contributed by atoms with E-state index in [1.807, 2.05) is 41.9 Å². The first kappa shape index (κ1) is 20.0. The first-order valence-electron chi connectivity index (χ1n) is 8.51. The van der Waals surface area contributed by atoms with E-state index in [0.29, 0.717) is 40.9 Å². The van der Waals surface area contributed by atoms with Crippen molar-refractivity contribution in [2.75, 3.05) is 14.2 Å². The molecule has 2 heterocycles. The normalized spacial score (nSPS) is 11.5. The van der Waals surface area contributed by atoms with Crippen LogP contribution in [0.3, 0.4) is 0 Å². The summed E-state index contributed by atoms with van der Waals surface area (Å²) in [4.78, 5) is 8.70. The molecule has 0 aliphatic heterocycles. The molecule has 0 aliphatic rings. The van der Waals surface area contributed by atoms with Crippen LogP contribution in [0.2, 0.25) is 10.2 Å². The van der Waals surface area contributed by atoms with Gasteiger partial charge in [0.25, 0.3) is 0 Å². The lowest BCUT2D eigenvalue weighted by Gasteiger charge is -2.11. The van der Waals surface area contributed by atoms with Gasteiger partial charge in [-0.1, -0.05) is 23.2 Å². The number of H-pyrrole nitrogens is 1. The number of ether oxygens (including phenoxy) is 1. The highest BCUT2D eigenvalue weighted by Crippen LogP contribution is 2.25. The van der Waals surface area contributed by atoms with Crippen LogP contribution in [0.25, 0.3) is 11.4 Å². The summed E-state index contributed by atoms with van der Waals surface area (Å²) < 4.78 is 6.98. The standard InChI is InChI=1S/C18H21Cl2N7O/c1-21-18(22-9-12-8-14(19)16(20)27(12)2)23-10-15-24-17(26-25-15)11-4-6-13(28-3)7-5-11/h4-8H,9-10H2,1-3H3,(H2,21,22,23)(H,24,25,26). The summed E-state index contributed by atoms with van der Waals surface area (Å²) in [6.07, 6.45) is 0. The highest BCUT2D eigenvalue weighted by molar-refractivity contribution is 6.41. The summed E-state index contributed by atoms with van der Waals surface area (Å²) in [6.45, 7) is 0.966. The molecule has 3 N–H and O–H groups in total. The Morgan fingerprint density at radius 1 is 1.21 bits per heavy atom. The van der Waals surface area contributed by atoms with Crippen molar-refractivity contribution in [2.45, 2.75) is 13.1 Å². The molecule has 148 valence electrons. The summed E-state index contributed by atoms with van der Waals surface area (Å²) in [5.74, 6) is 2.72. The van der Waals surface area contributed by atoms with Crippen LogP contribution in [0.4, 0.5) is 0 Å². The average Bonchev–Trinajstić information content (AvgIpc) is 3.29. The zero-order chi connectivity index (χ0) is 20.1. The van der Waals surface area contributed by atoms with Crippen molar-refractivity contribution < 1.29 is 4.74 Å². The molecular weight excluding hydrogens is 401 g/mol. The van der Waals surface area contributed by atoms with Gasteiger partial charge in [0.1, 0.15) is 16.7 Å². The van der Waals surface area contributed by atoms with Crippen LogP contribution in [0.15, 0.2) is 35.3 Å². The molecule has 0 spiro atoms. The lowest BCUT2D eigenvalue weighted by atomic mass is 10.2. The van der Waals surface area contributed by atoms with Crippen molar-refractivity contribution in [3.05, 3.63) is 52.0 Å². The number of nitrogens with one attached hydrogen (secondary N) is 3. The number of halogens is 2. The summed E-state index contributed by atoms with van der Waals surface area (Å²) in [7, 11) is 5.19. The van der Waals surface area contributed by atoms with E-state index < -0.39 is 0 Å². The van der Waals surface area contributed by atoms with Crippen molar-refractivity contribution in [1.29, 1.82) is 0 Å². The van der Waals surface area contributed by atoms with Crippen LogP contribution < -0.4 is 15.4 Å². The molecule has 3 rings (SSSR count). The number of hydrogen-bond donors (Lipinski definition) is 3. The topological polar surface area (TPSA) is 92.2 Å². The fourth-order valence-corrected chi connectivity index (χ4v) is 2.98. The Hall–Kier alpha value is -2.71. The monoisotopic (exact) mass is 421 g/mol. The third-order valence-electron chi connectivity index (χ3n) is 4.18. The molecule has 2 aromatic heterocycles. The van der Waals surface area contributed by atoms with E-state index in [-0.39, 0.29) is 0 Å². The Kier molecular flexibility index (Phi) is 6.43. The number of nitrogens with zero attached hydrogens (tertiary/aromatic N) is 4. The Bertz CT molecular complexity index is 963. The van der Waals surface area contributed by atoms with Crippen LogP contribution >= 0.6 is 23.2 Å². The predicted molar refractivity (Wildman–Crippen MR) is 111 cm³/mol. The number of rotatable bonds is 6. The molecule has 0 aliphatic carbocycles. The zero-order valence-corrected chi connectivity index (χ0v) is 17.3. The van der Waals surface area contributed by atoms with Crippen molar-refractivity contribution in [3.8, 4) is 17.1 Å². The van der Waals surface area contributed by atoms with E-state index in [1.54, 1.807) is 14.2 Å². The van der Waals surface area contributed by atoms with Crippen LogP contribution in [0, 0.1) is 0 Å². The first-order valence-corrected chi connectivity index (χ1v) is 9.27. The summed E-state index contributed by atoms with van der Waals surface area (Å²) in [6, 6.07) is 9.39. The van der Waals surface area contributed by atoms with E-state index in [0.717, 1.165) is 17.0 Å². The predicted octanol–water partition coefficient (Wildman–Crippen LogP) is 2.99. The second kappa shape index (κ2) is 8.99.